The van der Waals surface area contributed by atoms with Crippen molar-refractivity contribution < 1.29 is 42.2 Å². The summed E-state index contributed by atoms with van der Waals surface area (Å²) in [6, 6.07) is 7.58. The molecule has 0 N–H and O–H groups in total. The van der Waals surface area contributed by atoms with E-state index in [1.54, 1.807) is 0 Å². The number of hydrogen-bond donors (Lipinski definition) is 0. The van der Waals surface area contributed by atoms with Gasteiger partial charge in [-0.2, -0.15) is 0 Å². The quantitative estimate of drug-likeness (QED) is 0.340. The van der Waals surface area contributed by atoms with Crippen LogP contribution in [0.3, 0.4) is 0 Å². The van der Waals surface area contributed by atoms with E-state index < -0.39 is 0 Å². The Hall–Kier alpha value is -0.466. The van der Waals surface area contributed by atoms with Crippen LogP contribution in [0.1, 0.15) is 45.6 Å². The van der Waals surface area contributed by atoms with Gasteiger partial charge in [-0.3, -0.25) is 4.79 Å². The van der Waals surface area contributed by atoms with Crippen LogP contribution in [0.4, 0.5) is 0 Å². The van der Waals surface area contributed by atoms with Crippen LogP contribution in [-0.2, 0) is 37.5 Å². The maximum Gasteiger partial charge on any atom is 0.308 e. The third kappa shape index (κ3) is 9.44. The summed E-state index contributed by atoms with van der Waals surface area (Å²) in [6.45, 7) is 18.2. The van der Waals surface area contributed by atoms with Gasteiger partial charge in [-0.05, 0) is 17.5 Å². The maximum absolute atomic E-state index is 10.8. The zero-order valence-electron chi connectivity index (χ0n) is 13.1. The molecule has 0 spiro atoms. The van der Waals surface area contributed by atoms with Crippen LogP contribution >= 0.6 is 0 Å². The van der Waals surface area contributed by atoms with Crippen molar-refractivity contribution >= 4 is 5.97 Å². The minimum atomic E-state index is -0.293. The van der Waals surface area contributed by atoms with E-state index in [1.165, 1.54) is 12.5 Å². The second-order valence-corrected chi connectivity index (χ2v) is 5.62. The first-order chi connectivity index (χ1) is 8.78. The molecule has 0 aromatic heterocycles. The average Bonchev–Trinajstić information content (AvgIpc) is 2.29. The second kappa shape index (κ2) is 10.3. The Kier molecular flexibility index (Phi) is 11.2. The largest absolute Gasteiger partial charge is 0.427 e. The molecule has 0 aliphatic heterocycles. The Balaban J connectivity index is 0. The van der Waals surface area contributed by atoms with Crippen LogP contribution in [0, 0.1) is 12.3 Å². The first-order valence-corrected chi connectivity index (χ1v) is 6.39. The fraction of sp³-hybridized carbons (Fsp3) is 0.412. The van der Waals surface area contributed by atoms with Gasteiger partial charge in [-0.1, -0.05) is 44.9 Å². The van der Waals surface area contributed by atoms with Gasteiger partial charge in [-0.15, -0.1) is 19.1 Å². The minimum Gasteiger partial charge on any atom is -0.427 e. The third-order valence-corrected chi connectivity index (χ3v) is 2.47. The van der Waals surface area contributed by atoms with Gasteiger partial charge in [0.1, 0.15) is 5.75 Å². The van der Waals surface area contributed by atoms with E-state index in [9.17, 15) is 4.79 Å². The smallest absolute Gasteiger partial charge is 0.308 e. The molecule has 1 aromatic rings. The van der Waals surface area contributed by atoms with E-state index in [2.05, 4.69) is 40.9 Å². The molecule has 0 amide bonds. The van der Waals surface area contributed by atoms with Gasteiger partial charge in [0.2, 0.25) is 0 Å². The van der Waals surface area contributed by atoms with Crippen molar-refractivity contribution in [3.05, 3.63) is 49.9 Å². The predicted octanol–water partition coefficient (Wildman–Crippen LogP) is 4.77. The number of hydrogen-bond acceptors (Lipinski definition) is 2. The van der Waals surface area contributed by atoms with Crippen LogP contribution in [0.15, 0.2) is 37.4 Å². The monoisotopic (exact) mass is 350 g/mol. The average molecular weight is 350 g/mol. The van der Waals surface area contributed by atoms with Gasteiger partial charge in [0.25, 0.3) is 0 Å². The molecule has 1 rings (SSSR count). The standard InChI is InChI=1S/C15H21O2.C2H4.Y/c1-11(10-15(3,4)5)13-6-8-14(9-7-13)17-12(2)16;1-2;/h6-9,11H,1,10H2,2-5H3;1-2H2;/q-1;;. The van der Waals surface area contributed by atoms with E-state index >= 15 is 0 Å². The van der Waals surface area contributed by atoms with Crippen molar-refractivity contribution in [1.29, 1.82) is 0 Å². The molecule has 0 bridgehead atoms. The molecular formula is C17H25O2Y-. The van der Waals surface area contributed by atoms with Crippen LogP contribution in [0.5, 0.6) is 5.75 Å². The number of rotatable bonds is 3. The molecule has 109 valence electrons. The molecule has 0 aliphatic rings. The van der Waals surface area contributed by atoms with E-state index in [-0.39, 0.29) is 50.0 Å². The van der Waals surface area contributed by atoms with Crippen molar-refractivity contribution in [1.82, 2.24) is 0 Å². The molecule has 0 saturated carbocycles. The summed E-state index contributed by atoms with van der Waals surface area (Å²) in [5.41, 5.74) is 1.44. The van der Waals surface area contributed by atoms with Crippen molar-refractivity contribution in [2.75, 3.05) is 0 Å². The molecule has 1 unspecified atom stereocenters. The Morgan fingerprint density at radius 3 is 2.05 bits per heavy atom. The first kappa shape index (κ1) is 21.8. The Labute approximate surface area is 148 Å². The molecule has 1 radical (unpaired) electrons. The molecule has 0 saturated heterocycles. The normalized spacial score (nSPS) is 11.4. The predicted molar refractivity (Wildman–Crippen MR) is 81.2 cm³/mol. The summed E-state index contributed by atoms with van der Waals surface area (Å²) < 4.78 is 4.99. The van der Waals surface area contributed by atoms with Crippen molar-refractivity contribution in [2.24, 2.45) is 5.41 Å². The number of benzene rings is 1. The zero-order chi connectivity index (χ0) is 15.1. The van der Waals surface area contributed by atoms with Crippen molar-refractivity contribution in [3.63, 3.8) is 0 Å². The zero-order valence-corrected chi connectivity index (χ0v) is 15.9. The van der Waals surface area contributed by atoms with Crippen LogP contribution in [0.25, 0.3) is 0 Å². The summed E-state index contributed by atoms with van der Waals surface area (Å²) >= 11 is 0. The van der Waals surface area contributed by atoms with Crippen molar-refractivity contribution in [3.8, 4) is 5.75 Å². The van der Waals surface area contributed by atoms with Gasteiger partial charge in [-0.25, -0.2) is 0 Å². The molecule has 1 atom stereocenters. The van der Waals surface area contributed by atoms with Crippen molar-refractivity contribution in [2.45, 2.75) is 40.0 Å². The summed E-state index contributed by atoms with van der Waals surface area (Å²) in [7, 11) is 0. The molecule has 0 fully saturated rings. The third-order valence-electron chi connectivity index (χ3n) is 2.47. The summed E-state index contributed by atoms with van der Waals surface area (Å²) in [6.07, 6.45) is 1.03. The van der Waals surface area contributed by atoms with E-state index in [1.807, 2.05) is 24.3 Å². The number of carbonyl (C=O) groups excluding carboxylic acids is 1. The number of ether oxygens (including phenoxy) is 1. The maximum atomic E-state index is 10.8. The van der Waals surface area contributed by atoms with Gasteiger partial charge < -0.3 is 11.7 Å². The van der Waals surface area contributed by atoms with E-state index in [4.69, 9.17) is 4.74 Å². The van der Waals surface area contributed by atoms with Gasteiger partial charge >= 0.3 is 5.97 Å². The number of esters is 1. The minimum absolute atomic E-state index is 0. The SMILES string of the molecule is C=C.[CH2-]C(CC(C)(C)C)c1ccc(OC(C)=O)cc1.[Y]. The van der Waals surface area contributed by atoms with Gasteiger partial charge in [0.05, 0.1) is 0 Å². The Bertz CT molecular complexity index is 390. The van der Waals surface area contributed by atoms with Gasteiger partial charge in [0, 0.05) is 39.6 Å². The summed E-state index contributed by atoms with van der Waals surface area (Å²) in [4.78, 5) is 10.8. The fourth-order valence-electron chi connectivity index (χ4n) is 1.83. The second-order valence-electron chi connectivity index (χ2n) is 5.62. The van der Waals surface area contributed by atoms with Crippen LogP contribution in [-0.4, -0.2) is 5.97 Å². The Morgan fingerprint density at radius 1 is 1.25 bits per heavy atom. The van der Waals surface area contributed by atoms with Crippen LogP contribution in [0.2, 0.25) is 0 Å². The first-order valence-electron chi connectivity index (χ1n) is 6.39. The topological polar surface area (TPSA) is 26.3 Å². The molecule has 0 heterocycles. The summed E-state index contributed by atoms with van der Waals surface area (Å²) in [5.74, 6) is 0.559. The molecule has 2 nitrogen and oxygen atoms in total. The molecular weight excluding hydrogens is 325 g/mol. The fourth-order valence-corrected chi connectivity index (χ4v) is 1.83. The molecule has 1 aromatic carbocycles. The Morgan fingerprint density at radius 2 is 1.70 bits per heavy atom. The van der Waals surface area contributed by atoms with Gasteiger partial charge in [0.15, 0.2) is 0 Å². The number of carbonyl (C=O) groups is 1. The molecule has 3 heteroatoms. The summed E-state index contributed by atoms with van der Waals surface area (Å²) in [5, 5.41) is 0. The van der Waals surface area contributed by atoms with E-state index in [0.717, 1.165) is 6.42 Å². The molecule has 0 aliphatic carbocycles. The van der Waals surface area contributed by atoms with Crippen LogP contribution < -0.4 is 4.74 Å². The van der Waals surface area contributed by atoms with E-state index in [0.29, 0.717) is 5.75 Å². The molecule has 20 heavy (non-hydrogen) atoms.